The Balaban J connectivity index is 1.72. The van der Waals surface area contributed by atoms with Crippen molar-refractivity contribution in [3.8, 4) is 0 Å². The van der Waals surface area contributed by atoms with Crippen LogP contribution in [0.15, 0.2) is 24.3 Å². The van der Waals surface area contributed by atoms with Crippen molar-refractivity contribution in [2.45, 2.75) is 50.8 Å². The monoisotopic (exact) mass is 332 g/mol. The van der Waals surface area contributed by atoms with Crippen LogP contribution in [0.5, 0.6) is 0 Å². The van der Waals surface area contributed by atoms with Gasteiger partial charge >= 0.3 is 11.9 Å². The molecular formula is C18H20O6. The molecule has 4 fully saturated rings. The first-order valence-corrected chi connectivity index (χ1v) is 8.41. The summed E-state index contributed by atoms with van der Waals surface area (Å²) in [4.78, 5) is 24.8. The molecule has 2 aliphatic carbocycles. The number of esters is 2. The second kappa shape index (κ2) is 4.11. The van der Waals surface area contributed by atoms with Crippen molar-refractivity contribution in [2.75, 3.05) is 0 Å². The lowest BCUT2D eigenvalue weighted by Crippen LogP contribution is -2.63. The Labute approximate surface area is 139 Å². The zero-order chi connectivity index (χ0) is 17.0. The highest BCUT2D eigenvalue weighted by atomic mass is 16.6. The van der Waals surface area contributed by atoms with Crippen LogP contribution in [0.3, 0.4) is 0 Å². The lowest BCUT2D eigenvalue weighted by atomic mass is 9.46. The Morgan fingerprint density at radius 2 is 2.08 bits per heavy atom. The van der Waals surface area contributed by atoms with Gasteiger partial charge in [-0.2, -0.15) is 0 Å². The Morgan fingerprint density at radius 1 is 1.33 bits per heavy atom. The van der Waals surface area contributed by atoms with Crippen LogP contribution in [0.25, 0.3) is 0 Å². The highest BCUT2D eigenvalue weighted by molar-refractivity contribution is 5.82. The molecule has 3 aliphatic heterocycles. The summed E-state index contributed by atoms with van der Waals surface area (Å²) < 4.78 is 16.9. The molecule has 5 rings (SSSR count). The van der Waals surface area contributed by atoms with Gasteiger partial charge in [-0.05, 0) is 24.6 Å². The second-order valence-electron chi connectivity index (χ2n) is 8.03. The summed E-state index contributed by atoms with van der Waals surface area (Å²) in [6.45, 7) is 7.61. The van der Waals surface area contributed by atoms with E-state index in [9.17, 15) is 14.7 Å². The molecule has 0 radical (unpaired) electrons. The fourth-order valence-electron chi connectivity index (χ4n) is 5.92. The van der Waals surface area contributed by atoms with Crippen LogP contribution in [0.2, 0.25) is 0 Å². The predicted molar refractivity (Wildman–Crippen MR) is 80.5 cm³/mol. The number of cyclic esters (lactones) is 1. The summed E-state index contributed by atoms with van der Waals surface area (Å²) in [5, 5.41) is 10.7. The first-order valence-electron chi connectivity index (χ1n) is 8.41. The molecule has 0 amide bonds. The maximum atomic E-state index is 12.6. The number of aliphatic hydroxyl groups is 1. The summed E-state index contributed by atoms with van der Waals surface area (Å²) in [5.74, 6) is -0.972. The Bertz CT molecular complexity index is 712. The van der Waals surface area contributed by atoms with Crippen LogP contribution in [0.4, 0.5) is 0 Å². The summed E-state index contributed by atoms with van der Waals surface area (Å²) in [7, 11) is 0. The van der Waals surface area contributed by atoms with Gasteiger partial charge in [-0.3, -0.25) is 9.59 Å². The molecule has 3 saturated heterocycles. The SMILES string of the molecule is C=CC1OC(=O)CC2C1=CC1OC(=O)C3(C)C(O)C4OC4C2(C)C13. The smallest absolute Gasteiger partial charge is 0.315 e. The van der Waals surface area contributed by atoms with Gasteiger partial charge in [-0.25, -0.2) is 0 Å². The lowest BCUT2D eigenvalue weighted by Gasteiger charge is -2.55. The highest BCUT2D eigenvalue weighted by Crippen LogP contribution is 2.69. The van der Waals surface area contributed by atoms with Gasteiger partial charge in [0.05, 0.1) is 18.6 Å². The number of carbonyl (C=O) groups is 2. The second-order valence-corrected chi connectivity index (χ2v) is 8.03. The first-order chi connectivity index (χ1) is 11.3. The van der Waals surface area contributed by atoms with Crippen LogP contribution < -0.4 is 0 Å². The van der Waals surface area contributed by atoms with Gasteiger partial charge < -0.3 is 19.3 Å². The van der Waals surface area contributed by atoms with Gasteiger partial charge in [-0.15, -0.1) is 0 Å². The largest absolute Gasteiger partial charge is 0.457 e. The minimum Gasteiger partial charge on any atom is -0.457 e. The van der Waals surface area contributed by atoms with Crippen LogP contribution >= 0.6 is 0 Å². The van der Waals surface area contributed by atoms with Crippen molar-refractivity contribution in [1.29, 1.82) is 0 Å². The highest BCUT2D eigenvalue weighted by Gasteiger charge is 2.79. The number of carbonyl (C=O) groups excluding carboxylic acids is 2. The van der Waals surface area contributed by atoms with Gasteiger partial charge in [0.25, 0.3) is 0 Å². The molecule has 6 nitrogen and oxygen atoms in total. The molecule has 0 spiro atoms. The van der Waals surface area contributed by atoms with E-state index in [1.54, 1.807) is 13.0 Å². The van der Waals surface area contributed by atoms with E-state index in [1.165, 1.54) is 0 Å². The molecule has 3 heterocycles. The van der Waals surface area contributed by atoms with E-state index in [0.717, 1.165) is 5.57 Å². The Kier molecular flexibility index (Phi) is 2.51. The molecule has 0 aromatic carbocycles. The quantitative estimate of drug-likeness (QED) is 0.433. The first kappa shape index (κ1) is 14.7. The molecule has 1 saturated carbocycles. The molecule has 0 aromatic heterocycles. The third kappa shape index (κ3) is 1.38. The van der Waals surface area contributed by atoms with E-state index in [1.807, 2.05) is 6.08 Å². The topological polar surface area (TPSA) is 85.4 Å². The number of ether oxygens (including phenoxy) is 3. The molecular weight excluding hydrogens is 312 g/mol. The molecule has 6 heteroatoms. The molecule has 128 valence electrons. The Hall–Kier alpha value is -1.66. The third-order valence-corrected chi connectivity index (χ3v) is 7.07. The lowest BCUT2D eigenvalue weighted by molar-refractivity contribution is -0.159. The van der Waals surface area contributed by atoms with Gasteiger partial charge in [0.1, 0.15) is 23.7 Å². The van der Waals surface area contributed by atoms with E-state index < -0.39 is 29.1 Å². The minimum absolute atomic E-state index is 0.0978. The molecule has 0 bridgehead atoms. The van der Waals surface area contributed by atoms with Crippen LogP contribution in [-0.4, -0.2) is 47.6 Å². The van der Waals surface area contributed by atoms with E-state index in [4.69, 9.17) is 14.2 Å². The van der Waals surface area contributed by atoms with Crippen molar-refractivity contribution in [3.63, 3.8) is 0 Å². The van der Waals surface area contributed by atoms with Crippen molar-refractivity contribution in [3.05, 3.63) is 24.3 Å². The van der Waals surface area contributed by atoms with Crippen LogP contribution in [0, 0.1) is 22.7 Å². The van der Waals surface area contributed by atoms with Gasteiger partial charge in [0.2, 0.25) is 0 Å². The number of hydrogen-bond acceptors (Lipinski definition) is 6. The van der Waals surface area contributed by atoms with Gasteiger partial charge in [0, 0.05) is 17.3 Å². The van der Waals surface area contributed by atoms with Crippen LogP contribution in [-0.2, 0) is 23.8 Å². The molecule has 5 aliphatic rings. The summed E-state index contributed by atoms with van der Waals surface area (Å²) in [5.41, 5.74) is -0.527. The molecule has 9 atom stereocenters. The van der Waals surface area contributed by atoms with E-state index in [0.29, 0.717) is 0 Å². The summed E-state index contributed by atoms with van der Waals surface area (Å²) in [6.07, 6.45) is 1.42. The minimum atomic E-state index is -1.01. The normalized spacial score (nSPS) is 57.0. The van der Waals surface area contributed by atoms with Gasteiger partial charge in [0.15, 0.2) is 0 Å². The average molecular weight is 332 g/mol. The number of fused-ring (bicyclic) bond motifs is 4. The van der Waals surface area contributed by atoms with Gasteiger partial charge in [-0.1, -0.05) is 13.5 Å². The predicted octanol–water partition coefficient (Wildman–Crippen LogP) is 0.740. The molecule has 24 heavy (non-hydrogen) atoms. The fraction of sp³-hybridized carbons (Fsp3) is 0.667. The number of rotatable bonds is 1. The third-order valence-electron chi connectivity index (χ3n) is 7.07. The van der Waals surface area contributed by atoms with E-state index in [-0.39, 0.29) is 42.4 Å². The summed E-state index contributed by atoms with van der Waals surface area (Å²) >= 11 is 0. The van der Waals surface area contributed by atoms with E-state index >= 15 is 0 Å². The fourth-order valence-corrected chi connectivity index (χ4v) is 5.92. The zero-order valence-electron chi connectivity index (χ0n) is 13.6. The zero-order valence-corrected chi connectivity index (χ0v) is 13.6. The van der Waals surface area contributed by atoms with Crippen molar-refractivity contribution >= 4 is 11.9 Å². The average Bonchev–Trinajstić information content (AvgIpc) is 3.29. The maximum absolute atomic E-state index is 12.6. The standard InChI is InChI=1S/C18H20O6/c1-4-9-7-5-10-13-17(2,8(7)6-11(19)22-9)15-12(24-15)14(20)18(13,3)16(21)23-10/h4-5,8-10,12-15,20H,1,6H2,2-3H3. The van der Waals surface area contributed by atoms with Crippen LogP contribution in [0.1, 0.15) is 20.3 Å². The summed E-state index contributed by atoms with van der Waals surface area (Å²) in [6, 6.07) is 0. The van der Waals surface area contributed by atoms with Crippen molar-refractivity contribution in [1.82, 2.24) is 0 Å². The van der Waals surface area contributed by atoms with E-state index in [2.05, 4.69) is 13.5 Å². The van der Waals surface area contributed by atoms with Crippen molar-refractivity contribution < 1.29 is 28.9 Å². The molecule has 9 unspecified atom stereocenters. The maximum Gasteiger partial charge on any atom is 0.315 e. The number of hydrogen-bond donors (Lipinski definition) is 1. The molecule has 0 aromatic rings. The Morgan fingerprint density at radius 3 is 2.79 bits per heavy atom. The number of epoxide rings is 1. The van der Waals surface area contributed by atoms with Crippen molar-refractivity contribution in [2.24, 2.45) is 22.7 Å². The number of aliphatic hydroxyl groups excluding tert-OH is 1. The molecule has 1 N–H and O–H groups in total.